The van der Waals surface area contributed by atoms with Gasteiger partial charge < -0.3 is 4.90 Å². The molecule has 3 rings (SSSR count). The fourth-order valence-electron chi connectivity index (χ4n) is 3.81. The third-order valence-electron chi connectivity index (χ3n) is 4.81. The van der Waals surface area contributed by atoms with E-state index in [9.17, 15) is 9.59 Å². The average molecular weight is 193 g/mol. The molecular formula is C11H15NO2. The molecule has 1 saturated heterocycles. The Hall–Kier alpha value is -0.860. The normalized spacial score (nSPS) is 50.4. The first-order chi connectivity index (χ1) is 6.51. The molecule has 3 nitrogen and oxygen atoms in total. The van der Waals surface area contributed by atoms with Gasteiger partial charge in [0.05, 0.1) is 5.41 Å². The Kier molecular flexibility index (Phi) is 1.23. The van der Waals surface area contributed by atoms with Crippen LogP contribution in [0.1, 0.15) is 32.6 Å². The van der Waals surface area contributed by atoms with E-state index >= 15 is 0 Å². The topological polar surface area (TPSA) is 37.4 Å². The summed E-state index contributed by atoms with van der Waals surface area (Å²) in [5, 5.41) is 0. The molecule has 0 aromatic carbocycles. The molecule has 1 amide bonds. The van der Waals surface area contributed by atoms with E-state index in [1.807, 2.05) is 11.9 Å². The van der Waals surface area contributed by atoms with E-state index in [0.29, 0.717) is 18.6 Å². The fourth-order valence-corrected chi connectivity index (χ4v) is 3.81. The predicted octanol–water partition coefficient (Wildman–Crippen LogP) is 0.976. The maximum Gasteiger partial charge on any atom is 0.229 e. The number of carbonyl (C=O) groups excluding carboxylic acids is 2. The zero-order valence-electron chi connectivity index (χ0n) is 8.67. The fraction of sp³-hybridized carbons (Fsp3) is 0.818. The van der Waals surface area contributed by atoms with Crippen molar-refractivity contribution in [3.05, 3.63) is 0 Å². The number of piperidine rings is 1. The summed E-state index contributed by atoms with van der Waals surface area (Å²) in [7, 11) is 1.85. The van der Waals surface area contributed by atoms with Crippen LogP contribution in [0, 0.1) is 10.8 Å². The molecule has 3 atom stereocenters. The lowest BCUT2D eigenvalue weighted by atomic mass is 9.78. The van der Waals surface area contributed by atoms with Crippen molar-refractivity contribution >= 4 is 11.7 Å². The Balaban J connectivity index is 2.03. The second kappa shape index (κ2) is 2.05. The van der Waals surface area contributed by atoms with Crippen molar-refractivity contribution in [1.82, 2.24) is 4.90 Å². The predicted molar refractivity (Wildman–Crippen MR) is 50.6 cm³/mol. The minimum Gasteiger partial charge on any atom is -0.341 e. The van der Waals surface area contributed by atoms with Gasteiger partial charge in [-0.15, -0.1) is 0 Å². The lowest BCUT2D eigenvalue weighted by Gasteiger charge is -2.32. The van der Waals surface area contributed by atoms with E-state index in [1.54, 1.807) is 0 Å². The molecule has 2 saturated carbocycles. The summed E-state index contributed by atoms with van der Waals surface area (Å²) in [5.74, 6) is 0.591. The van der Waals surface area contributed by atoms with Gasteiger partial charge in [0, 0.05) is 31.3 Å². The minimum atomic E-state index is -0.118. The molecule has 1 aliphatic heterocycles. The van der Waals surface area contributed by atoms with Crippen LogP contribution < -0.4 is 0 Å². The third-order valence-corrected chi connectivity index (χ3v) is 4.81. The van der Waals surface area contributed by atoms with Crippen LogP contribution in [0.25, 0.3) is 0 Å². The molecule has 0 N–H and O–H groups in total. The van der Waals surface area contributed by atoms with Gasteiger partial charge in [-0.1, -0.05) is 6.92 Å². The van der Waals surface area contributed by atoms with E-state index in [1.165, 1.54) is 0 Å². The highest BCUT2D eigenvalue weighted by atomic mass is 16.2. The van der Waals surface area contributed by atoms with Gasteiger partial charge >= 0.3 is 0 Å². The molecule has 0 bridgehead atoms. The highest BCUT2D eigenvalue weighted by Gasteiger charge is 2.78. The van der Waals surface area contributed by atoms with Crippen molar-refractivity contribution in [2.75, 3.05) is 7.05 Å². The van der Waals surface area contributed by atoms with Crippen LogP contribution in [0.15, 0.2) is 0 Å². The van der Waals surface area contributed by atoms with Crippen LogP contribution in [-0.4, -0.2) is 29.7 Å². The SMILES string of the molecule is CN1C(=O)C2(C)CC23CCC(=O)C[C@@H]13. The highest BCUT2D eigenvalue weighted by Crippen LogP contribution is 2.75. The van der Waals surface area contributed by atoms with Crippen molar-refractivity contribution < 1.29 is 9.59 Å². The smallest absolute Gasteiger partial charge is 0.229 e. The molecule has 3 aliphatic rings. The molecule has 3 heteroatoms. The van der Waals surface area contributed by atoms with Crippen LogP contribution >= 0.6 is 0 Å². The largest absolute Gasteiger partial charge is 0.341 e. The summed E-state index contributed by atoms with van der Waals surface area (Å²) in [6.45, 7) is 2.07. The summed E-state index contributed by atoms with van der Waals surface area (Å²) in [4.78, 5) is 25.2. The molecule has 0 aromatic heterocycles. The molecule has 2 unspecified atom stereocenters. The van der Waals surface area contributed by atoms with Gasteiger partial charge in [-0.25, -0.2) is 0 Å². The van der Waals surface area contributed by atoms with Gasteiger partial charge in [0.1, 0.15) is 5.78 Å². The minimum absolute atomic E-state index is 0.118. The van der Waals surface area contributed by atoms with Gasteiger partial charge in [-0.3, -0.25) is 9.59 Å². The number of likely N-dealkylation sites (tertiary alicyclic amines) is 1. The maximum absolute atomic E-state index is 12.0. The van der Waals surface area contributed by atoms with Crippen molar-refractivity contribution in [2.24, 2.45) is 10.8 Å². The van der Waals surface area contributed by atoms with Gasteiger partial charge in [-0.2, -0.15) is 0 Å². The van der Waals surface area contributed by atoms with Crippen LogP contribution in [0.5, 0.6) is 0 Å². The van der Waals surface area contributed by atoms with Crippen molar-refractivity contribution in [1.29, 1.82) is 0 Å². The first kappa shape index (κ1) is 8.45. The molecule has 1 heterocycles. The van der Waals surface area contributed by atoms with Gasteiger partial charge in [0.25, 0.3) is 0 Å². The molecular weight excluding hydrogens is 178 g/mol. The van der Waals surface area contributed by atoms with Crippen molar-refractivity contribution in [3.8, 4) is 0 Å². The quantitative estimate of drug-likeness (QED) is 0.575. The number of Topliss-reactive ketones (excluding diaryl/α,β-unsaturated/α-hetero) is 1. The first-order valence-electron chi connectivity index (χ1n) is 5.30. The number of hydrogen-bond donors (Lipinski definition) is 0. The standard InChI is InChI=1S/C11H15NO2/c1-10-6-11(10)4-3-7(13)5-8(11)12(2)9(10)14/h8H,3-6H2,1-2H3/t8-,10?,11?/m1/s1. The summed E-state index contributed by atoms with van der Waals surface area (Å²) >= 11 is 0. The van der Waals surface area contributed by atoms with Gasteiger partial charge in [-0.05, 0) is 12.8 Å². The van der Waals surface area contributed by atoms with E-state index < -0.39 is 0 Å². The Morgan fingerprint density at radius 1 is 1.43 bits per heavy atom. The molecule has 1 spiro atoms. The van der Waals surface area contributed by atoms with Gasteiger partial charge in [0.2, 0.25) is 5.91 Å². The Morgan fingerprint density at radius 2 is 2.14 bits per heavy atom. The molecule has 76 valence electrons. The highest BCUT2D eigenvalue weighted by molar-refractivity contribution is 5.93. The van der Waals surface area contributed by atoms with Gasteiger partial charge in [0.15, 0.2) is 0 Å². The van der Waals surface area contributed by atoms with Crippen LogP contribution in [0.2, 0.25) is 0 Å². The third kappa shape index (κ3) is 0.645. The second-order valence-electron chi connectivity index (χ2n) is 5.34. The van der Waals surface area contributed by atoms with E-state index in [4.69, 9.17) is 0 Å². The number of amides is 1. The average Bonchev–Trinajstić information content (AvgIpc) is 2.71. The Labute approximate surface area is 83.5 Å². The molecule has 0 aromatic rings. The van der Waals surface area contributed by atoms with Crippen LogP contribution in [-0.2, 0) is 9.59 Å². The monoisotopic (exact) mass is 193 g/mol. The molecule has 3 fully saturated rings. The second-order valence-corrected chi connectivity index (χ2v) is 5.34. The summed E-state index contributed by atoms with van der Waals surface area (Å²) in [6.07, 6.45) is 3.23. The van der Waals surface area contributed by atoms with E-state index in [0.717, 1.165) is 12.8 Å². The Morgan fingerprint density at radius 3 is 2.86 bits per heavy atom. The lowest BCUT2D eigenvalue weighted by molar-refractivity contribution is -0.133. The summed E-state index contributed by atoms with van der Waals surface area (Å²) in [6, 6.07) is 0.209. The van der Waals surface area contributed by atoms with Crippen LogP contribution in [0.4, 0.5) is 0 Å². The lowest BCUT2D eigenvalue weighted by Crippen LogP contribution is -2.40. The number of rotatable bonds is 0. The number of nitrogens with zero attached hydrogens (tertiary/aromatic N) is 1. The molecule has 14 heavy (non-hydrogen) atoms. The van der Waals surface area contributed by atoms with Crippen molar-refractivity contribution in [3.63, 3.8) is 0 Å². The zero-order chi connectivity index (χ0) is 10.1. The Bertz CT molecular complexity index is 351. The van der Waals surface area contributed by atoms with Crippen molar-refractivity contribution in [2.45, 2.75) is 38.6 Å². The van der Waals surface area contributed by atoms with E-state index in [2.05, 4.69) is 6.92 Å². The molecule has 0 radical (unpaired) electrons. The van der Waals surface area contributed by atoms with Crippen LogP contribution in [0.3, 0.4) is 0 Å². The zero-order valence-corrected chi connectivity index (χ0v) is 8.67. The number of ketones is 1. The molecule has 2 aliphatic carbocycles. The maximum atomic E-state index is 12.0. The van der Waals surface area contributed by atoms with E-state index in [-0.39, 0.29) is 22.8 Å². The summed E-state index contributed by atoms with van der Waals surface area (Å²) < 4.78 is 0. The number of carbonyl (C=O) groups is 2. The first-order valence-corrected chi connectivity index (χ1v) is 5.30. The number of hydrogen-bond acceptors (Lipinski definition) is 2. The summed E-state index contributed by atoms with van der Waals surface area (Å²) in [5.41, 5.74) is 0.0554.